The van der Waals surface area contributed by atoms with Gasteiger partial charge in [-0.2, -0.15) is 4.99 Å². The van der Waals surface area contributed by atoms with Crippen LogP contribution in [0.5, 0.6) is 0 Å². The maximum atomic E-state index is 4.37. The van der Waals surface area contributed by atoms with Gasteiger partial charge in [-0.15, -0.1) is 0 Å². The van der Waals surface area contributed by atoms with Crippen LogP contribution in [0.25, 0.3) is 10.4 Å². The minimum Gasteiger partial charge on any atom is -0.264 e. The molecule has 3 aromatic heterocycles. The van der Waals surface area contributed by atoms with E-state index in [-0.39, 0.29) is 0 Å². The topological polar surface area (TPSA) is 51.0 Å². The van der Waals surface area contributed by atoms with Gasteiger partial charge in [0.1, 0.15) is 4.67 Å². The Bertz CT molecular complexity index is 689. The Hall–Kier alpha value is -1.92. The van der Waals surface area contributed by atoms with Crippen molar-refractivity contribution in [3.05, 3.63) is 53.7 Å². The van der Waals surface area contributed by atoms with Gasteiger partial charge in [-0.05, 0) is 18.2 Å². The summed E-state index contributed by atoms with van der Waals surface area (Å²) in [6, 6.07) is 7.77. The van der Waals surface area contributed by atoms with E-state index >= 15 is 0 Å². The molecule has 0 aliphatic heterocycles. The Balaban J connectivity index is 1.98. The van der Waals surface area contributed by atoms with Gasteiger partial charge in [-0.1, -0.05) is 26.7 Å². The van der Waals surface area contributed by atoms with Crippen LogP contribution in [-0.2, 0) is 0 Å². The highest BCUT2D eigenvalue weighted by Gasteiger charge is 2.00. The smallest absolute Gasteiger partial charge is 0.250 e. The van der Waals surface area contributed by atoms with Crippen LogP contribution in [0.2, 0.25) is 0 Å². The van der Waals surface area contributed by atoms with Crippen molar-refractivity contribution >= 4 is 26.6 Å². The standard InChI is InChI=1S/C12H8N4S2/c1-3-9(8-13-4-1)10-7-11(18-17-10)16-12-14-5-2-6-15-12/h1-8H/b16-11-. The third kappa shape index (κ3) is 2.49. The van der Waals surface area contributed by atoms with Crippen molar-refractivity contribution in [2.45, 2.75) is 0 Å². The normalized spacial score (nSPS) is 11.7. The fourth-order valence-electron chi connectivity index (χ4n) is 1.39. The maximum absolute atomic E-state index is 4.37. The zero-order valence-corrected chi connectivity index (χ0v) is 10.9. The molecule has 0 bridgehead atoms. The number of hydrogen-bond donors (Lipinski definition) is 0. The van der Waals surface area contributed by atoms with E-state index in [0.717, 1.165) is 15.1 Å². The Morgan fingerprint density at radius 3 is 2.67 bits per heavy atom. The number of pyridine rings is 1. The van der Waals surface area contributed by atoms with Crippen LogP contribution in [0, 0.1) is 0 Å². The molecule has 0 saturated carbocycles. The van der Waals surface area contributed by atoms with Crippen molar-refractivity contribution in [3.8, 4) is 10.4 Å². The van der Waals surface area contributed by atoms with Gasteiger partial charge in [0, 0.05) is 35.2 Å². The van der Waals surface area contributed by atoms with E-state index < -0.39 is 0 Å². The third-order valence-electron chi connectivity index (χ3n) is 2.18. The van der Waals surface area contributed by atoms with Crippen molar-refractivity contribution in [1.82, 2.24) is 15.0 Å². The number of rotatable bonds is 2. The lowest BCUT2D eigenvalue weighted by molar-refractivity contribution is 1.11. The summed E-state index contributed by atoms with van der Waals surface area (Å²) >= 11 is 0. The van der Waals surface area contributed by atoms with Crippen LogP contribution in [0.3, 0.4) is 0 Å². The first-order valence-electron chi connectivity index (χ1n) is 5.24. The zero-order valence-electron chi connectivity index (χ0n) is 9.22. The second-order valence-corrected chi connectivity index (χ2v) is 5.61. The second kappa shape index (κ2) is 5.16. The summed E-state index contributed by atoms with van der Waals surface area (Å²) in [6.45, 7) is 0. The van der Waals surface area contributed by atoms with Gasteiger partial charge in [0.05, 0.1) is 0 Å². The summed E-state index contributed by atoms with van der Waals surface area (Å²) in [6.07, 6.45) is 6.99. The molecule has 0 unspecified atom stereocenters. The Morgan fingerprint density at radius 1 is 1.00 bits per heavy atom. The van der Waals surface area contributed by atoms with E-state index in [4.69, 9.17) is 0 Å². The summed E-state index contributed by atoms with van der Waals surface area (Å²) in [7, 11) is 3.28. The Labute approximate surface area is 111 Å². The predicted octanol–water partition coefficient (Wildman–Crippen LogP) is 2.89. The number of hydrogen-bond acceptors (Lipinski definition) is 6. The molecule has 0 atom stereocenters. The molecule has 0 N–H and O–H groups in total. The lowest BCUT2D eigenvalue weighted by Gasteiger charge is -1.91. The Morgan fingerprint density at radius 2 is 1.89 bits per heavy atom. The van der Waals surface area contributed by atoms with E-state index in [1.54, 1.807) is 45.3 Å². The SMILES string of the molecule is c1cnc(/N=c2/cc(-c3cccnc3)ss2)nc1. The van der Waals surface area contributed by atoms with E-state index in [1.165, 1.54) is 0 Å². The van der Waals surface area contributed by atoms with Crippen LogP contribution in [-0.4, -0.2) is 15.0 Å². The fraction of sp³-hybridized carbons (Fsp3) is 0. The molecule has 3 aromatic rings. The fourth-order valence-corrected chi connectivity index (χ4v) is 3.51. The zero-order chi connectivity index (χ0) is 12.2. The Kier molecular flexibility index (Phi) is 3.20. The average Bonchev–Trinajstić information content (AvgIpc) is 2.89. The summed E-state index contributed by atoms with van der Waals surface area (Å²) in [5, 5.41) is 0. The van der Waals surface area contributed by atoms with Crippen molar-refractivity contribution in [2.75, 3.05) is 0 Å². The molecule has 6 heteroatoms. The molecule has 88 valence electrons. The molecular formula is C12H8N4S2. The lowest BCUT2D eigenvalue weighted by Crippen LogP contribution is -1.91. The molecule has 18 heavy (non-hydrogen) atoms. The van der Waals surface area contributed by atoms with Crippen molar-refractivity contribution in [1.29, 1.82) is 0 Å². The summed E-state index contributed by atoms with van der Waals surface area (Å²) < 4.78 is 0.907. The molecule has 3 heterocycles. The molecule has 0 spiro atoms. The van der Waals surface area contributed by atoms with Crippen LogP contribution < -0.4 is 4.67 Å². The van der Waals surface area contributed by atoms with E-state index in [0.29, 0.717) is 5.95 Å². The van der Waals surface area contributed by atoms with Gasteiger partial charge in [-0.3, -0.25) is 4.98 Å². The molecule has 3 rings (SSSR count). The summed E-state index contributed by atoms with van der Waals surface area (Å²) in [5.74, 6) is 0.490. The number of nitrogens with zero attached hydrogens (tertiary/aromatic N) is 4. The molecule has 0 fully saturated rings. The first kappa shape index (κ1) is 11.2. The van der Waals surface area contributed by atoms with Gasteiger partial charge < -0.3 is 0 Å². The van der Waals surface area contributed by atoms with Gasteiger partial charge in [0.25, 0.3) is 5.95 Å². The molecule has 4 nitrogen and oxygen atoms in total. The highest BCUT2D eigenvalue weighted by atomic mass is 32.9. The van der Waals surface area contributed by atoms with E-state index in [1.807, 2.05) is 24.4 Å². The lowest BCUT2D eigenvalue weighted by atomic mass is 10.2. The first-order chi connectivity index (χ1) is 8.92. The van der Waals surface area contributed by atoms with E-state index in [2.05, 4.69) is 19.9 Å². The maximum Gasteiger partial charge on any atom is 0.250 e. The van der Waals surface area contributed by atoms with Crippen molar-refractivity contribution < 1.29 is 0 Å². The third-order valence-corrected chi connectivity index (χ3v) is 4.48. The molecule has 0 radical (unpaired) electrons. The monoisotopic (exact) mass is 272 g/mol. The first-order valence-corrected chi connectivity index (χ1v) is 7.39. The number of aromatic nitrogens is 3. The van der Waals surface area contributed by atoms with Gasteiger partial charge in [0.2, 0.25) is 0 Å². The van der Waals surface area contributed by atoms with E-state index in [9.17, 15) is 0 Å². The van der Waals surface area contributed by atoms with Crippen LogP contribution in [0.15, 0.2) is 54.0 Å². The predicted molar refractivity (Wildman–Crippen MR) is 72.7 cm³/mol. The van der Waals surface area contributed by atoms with Gasteiger partial charge in [0.15, 0.2) is 0 Å². The molecule has 0 aromatic carbocycles. The summed E-state index contributed by atoms with van der Waals surface area (Å²) in [4.78, 5) is 17.8. The molecule has 0 amide bonds. The second-order valence-electron chi connectivity index (χ2n) is 3.42. The molecule has 0 aliphatic carbocycles. The quantitative estimate of drug-likeness (QED) is 0.674. The largest absolute Gasteiger partial charge is 0.264 e. The minimum absolute atomic E-state index is 0.490. The van der Waals surface area contributed by atoms with Gasteiger partial charge >= 0.3 is 0 Å². The van der Waals surface area contributed by atoms with Crippen LogP contribution >= 0.6 is 20.7 Å². The highest BCUT2D eigenvalue weighted by Crippen LogP contribution is 2.24. The van der Waals surface area contributed by atoms with Crippen molar-refractivity contribution in [2.24, 2.45) is 4.99 Å². The van der Waals surface area contributed by atoms with Crippen molar-refractivity contribution in [3.63, 3.8) is 0 Å². The minimum atomic E-state index is 0.490. The van der Waals surface area contributed by atoms with Crippen LogP contribution in [0.1, 0.15) is 0 Å². The highest BCUT2D eigenvalue weighted by molar-refractivity contribution is 7.69. The van der Waals surface area contributed by atoms with Crippen LogP contribution in [0.4, 0.5) is 5.95 Å². The molecule has 0 aliphatic rings. The molecular weight excluding hydrogens is 264 g/mol. The summed E-state index contributed by atoms with van der Waals surface area (Å²) in [5.41, 5.74) is 1.11. The molecule has 0 saturated heterocycles. The average molecular weight is 272 g/mol. The van der Waals surface area contributed by atoms with Gasteiger partial charge in [-0.25, -0.2) is 9.97 Å².